The Morgan fingerprint density at radius 3 is 2.72 bits per heavy atom. The van der Waals surface area contributed by atoms with Crippen molar-refractivity contribution in [1.29, 1.82) is 0 Å². The van der Waals surface area contributed by atoms with Crippen molar-refractivity contribution in [2.75, 3.05) is 20.6 Å². The van der Waals surface area contributed by atoms with Crippen LogP contribution in [0.2, 0.25) is 0 Å². The van der Waals surface area contributed by atoms with Crippen molar-refractivity contribution in [2.24, 2.45) is 0 Å². The zero-order valence-electron chi connectivity index (χ0n) is 11.6. The van der Waals surface area contributed by atoms with E-state index in [4.69, 9.17) is 0 Å². The Kier molecular flexibility index (Phi) is 5.70. The van der Waals surface area contributed by atoms with Crippen LogP contribution in [0.15, 0.2) is 0 Å². The predicted octanol–water partition coefficient (Wildman–Crippen LogP) is -0.172. The number of nitrogens with zero attached hydrogens (tertiary/aromatic N) is 5. The summed E-state index contributed by atoms with van der Waals surface area (Å²) in [5.74, 6) is 0.580. The van der Waals surface area contributed by atoms with Crippen LogP contribution < -0.4 is 5.32 Å². The van der Waals surface area contributed by atoms with Crippen molar-refractivity contribution in [3.8, 4) is 0 Å². The van der Waals surface area contributed by atoms with Gasteiger partial charge >= 0.3 is 0 Å². The van der Waals surface area contributed by atoms with Gasteiger partial charge in [0.2, 0.25) is 5.91 Å². The Morgan fingerprint density at radius 1 is 1.50 bits per heavy atom. The molecule has 1 N–H and O–H groups in total. The minimum absolute atomic E-state index is 0.0617. The minimum atomic E-state index is -0.0617. The molecule has 0 aliphatic rings. The van der Waals surface area contributed by atoms with Crippen molar-refractivity contribution in [2.45, 2.75) is 39.3 Å². The van der Waals surface area contributed by atoms with Gasteiger partial charge in [-0.2, -0.15) is 0 Å². The second kappa shape index (κ2) is 7.05. The smallest absolute Gasteiger partial charge is 0.241 e. The van der Waals surface area contributed by atoms with Crippen LogP contribution >= 0.6 is 0 Å². The van der Waals surface area contributed by atoms with Crippen LogP contribution in [-0.2, 0) is 11.3 Å². The quantitative estimate of drug-likeness (QED) is 0.731. The fourth-order valence-electron chi connectivity index (χ4n) is 1.70. The molecule has 1 aromatic heterocycles. The first-order chi connectivity index (χ1) is 8.54. The van der Waals surface area contributed by atoms with Crippen LogP contribution in [0.5, 0.6) is 0 Å². The Bertz CT molecular complexity index is 375. The number of likely N-dealkylation sites (N-methyl/N-ethyl adjacent to an activating group) is 1. The standard InChI is InChI=1S/C11H22N6O/c1-5-6-10(16(3)4)7-12-11(18)8-17-9(2)13-14-15-17/h10H,5-8H2,1-4H3,(H,12,18)/t10-/m1/s1. The first kappa shape index (κ1) is 14.6. The van der Waals surface area contributed by atoms with Gasteiger partial charge in [0.05, 0.1) is 0 Å². The molecule has 1 heterocycles. The number of rotatable bonds is 7. The summed E-state index contributed by atoms with van der Waals surface area (Å²) in [4.78, 5) is 13.9. The summed E-state index contributed by atoms with van der Waals surface area (Å²) in [6.45, 7) is 4.74. The maximum absolute atomic E-state index is 11.7. The third-order valence-corrected chi connectivity index (χ3v) is 2.89. The average molecular weight is 254 g/mol. The molecule has 0 saturated carbocycles. The predicted molar refractivity (Wildman–Crippen MR) is 67.9 cm³/mol. The summed E-state index contributed by atoms with van der Waals surface area (Å²) in [6, 6.07) is 0.369. The number of tetrazole rings is 1. The molecular weight excluding hydrogens is 232 g/mol. The topological polar surface area (TPSA) is 75.9 Å². The van der Waals surface area contributed by atoms with Gasteiger partial charge in [0, 0.05) is 12.6 Å². The first-order valence-corrected chi connectivity index (χ1v) is 6.20. The summed E-state index contributed by atoms with van der Waals surface area (Å²) in [5.41, 5.74) is 0. The molecule has 7 heteroatoms. The van der Waals surface area contributed by atoms with Gasteiger partial charge in [-0.1, -0.05) is 13.3 Å². The average Bonchev–Trinajstić information content (AvgIpc) is 2.70. The maximum Gasteiger partial charge on any atom is 0.241 e. The highest BCUT2D eigenvalue weighted by atomic mass is 16.2. The highest BCUT2D eigenvalue weighted by Crippen LogP contribution is 2.01. The van der Waals surface area contributed by atoms with Crippen LogP contribution in [0, 0.1) is 6.92 Å². The van der Waals surface area contributed by atoms with E-state index in [1.54, 1.807) is 6.92 Å². The van der Waals surface area contributed by atoms with Crippen LogP contribution in [-0.4, -0.2) is 57.7 Å². The molecule has 18 heavy (non-hydrogen) atoms. The Labute approximate surface area is 108 Å². The molecule has 0 fully saturated rings. The summed E-state index contributed by atoms with van der Waals surface area (Å²) < 4.78 is 1.49. The van der Waals surface area contributed by atoms with Crippen molar-refractivity contribution < 1.29 is 4.79 Å². The monoisotopic (exact) mass is 254 g/mol. The lowest BCUT2D eigenvalue weighted by atomic mass is 10.1. The molecular formula is C11H22N6O. The van der Waals surface area contributed by atoms with Gasteiger partial charge in [0.25, 0.3) is 0 Å². The molecule has 0 radical (unpaired) electrons. The van der Waals surface area contributed by atoms with Crippen molar-refractivity contribution in [3.05, 3.63) is 5.82 Å². The summed E-state index contributed by atoms with van der Waals surface area (Å²) in [6.07, 6.45) is 2.17. The zero-order chi connectivity index (χ0) is 13.5. The lowest BCUT2D eigenvalue weighted by Gasteiger charge is -2.24. The zero-order valence-corrected chi connectivity index (χ0v) is 11.6. The van der Waals surface area contributed by atoms with Crippen molar-refractivity contribution in [1.82, 2.24) is 30.4 Å². The van der Waals surface area contributed by atoms with Crippen LogP contribution in [0.3, 0.4) is 0 Å². The normalized spacial score (nSPS) is 12.7. The van der Waals surface area contributed by atoms with Crippen LogP contribution in [0.1, 0.15) is 25.6 Å². The molecule has 0 spiro atoms. The Morgan fingerprint density at radius 2 is 2.22 bits per heavy atom. The molecule has 0 aliphatic heterocycles. The SMILES string of the molecule is CCC[C@H](CNC(=O)Cn1nnnc1C)N(C)C. The molecule has 0 unspecified atom stereocenters. The Hall–Kier alpha value is -1.50. The van der Waals surface area contributed by atoms with E-state index < -0.39 is 0 Å². The fraction of sp³-hybridized carbons (Fsp3) is 0.818. The third-order valence-electron chi connectivity index (χ3n) is 2.89. The summed E-state index contributed by atoms with van der Waals surface area (Å²) in [7, 11) is 4.05. The van der Waals surface area contributed by atoms with Gasteiger partial charge in [-0.25, -0.2) is 4.68 Å². The second-order valence-electron chi connectivity index (χ2n) is 4.59. The maximum atomic E-state index is 11.7. The number of hydrogen-bond donors (Lipinski definition) is 1. The van der Waals surface area contributed by atoms with E-state index in [9.17, 15) is 4.79 Å². The highest BCUT2D eigenvalue weighted by molar-refractivity contribution is 5.75. The molecule has 102 valence electrons. The van der Waals surface area contributed by atoms with Crippen LogP contribution in [0.4, 0.5) is 0 Å². The van der Waals surface area contributed by atoms with Crippen molar-refractivity contribution >= 4 is 5.91 Å². The molecule has 0 saturated heterocycles. The van der Waals surface area contributed by atoms with Gasteiger partial charge < -0.3 is 10.2 Å². The fourth-order valence-corrected chi connectivity index (χ4v) is 1.70. The Balaban J connectivity index is 2.38. The molecule has 0 bridgehead atoms. The molecule has 1 aromatic rings. The lowest BCUT2D eigenvalue weighted by molar-refractivity contribution is -0.122. The number of carbonyl (C=O) groups is 1. The van der Waals surface area contributed by atoms with E-state index in [2.05, 4.69) is 32.7 Å². The third kappa shape index (κ3) is 4.40. The van der Waals surface area contributed by atoms with Gasteiger partial charge in [0.15, 0.2) is 0 Å². The number of carbonyl (C=O) groups excluding carboxylic acids is 1. The number of amides is 1. The number of aryl methyl sites for hydroxylation is 1. The number of aromatic nitrogens is 4. The lowest BCUT2D eigenvalue weighted by Crippen LogP contribution is -2.41. The highest BCUT2D eigenvalue weighted by Gasteiger charge is 2.12. The van der Waals surface area contributed by atoms with Gasteiger partial charge in [0.1, 0.15) is 12.4 Å². The van der Waals surface area contributed by atoms with Gasteiger partial charge in [-0.05, 0) is 37.9 Å². The van der Waals surface area contributed by atoms with E-state index in [0.717, 1.165) is 12.8 Å². The second-order valence-corrected chi connectivity index (χ2v) is 4.59. The van der Waals surface area contributed by atoms with E-state index >= 15 is 0 Å². The molecule has 1 rings (SSSR count). The molecule has 7 nitrogen and oxygen atoms in total. The molecule has 0 aliphatic carbocycles. The number of nitrogens with one attached hydrogen (secondary N) is 1. The summed E-state index contributed by atoms with van der Waals surface area (Å²) in [5, 5.41) is 13.9. The van der Waals surface area contributed by atoms with Gasteiger partial charge in [-0.15, -0.1) is 5.10 Å². The first-order valence-electron chi connectivity index (χ1n) is 6.20. The van der Waals surface area contributed by atoms with E-state index in [-0.39, 0.29) is 12.5 Å². The summed E-state index contributed by atoms with van der Waals surface area (Å²) >= 11 is 0. The largest absolute Gasteiger partial charge is 0.353 e. The molecule has 1 atom stereocenters. The van der Waals surface area contributed by atoms with E-state index in [1.807, 2.05) is 14.1 Å². The van der Waals surface area contributed by atoms with E-state index in [0.29, 0.717) is 18.4 Å². The molecule has 0 aromatic carbocycles. The number of hydrogen-bond acceptors (Lipinski definition) is 5. The minimum Gasteiger partial charge on any atom is -0.353 e. The van der Waals surface area contributed by atoms with Gasteiger partial charge in [-0.3, -0.25) is 4.79 Å². The molecule has 1 amide bonds. The van der Waals surface area contributed by atoms with Crippen LogP contribution in [0.25, 0.3) is 0 Å². The van der Waals surface area contributed by atoms with E-state index in [1.165, 1.54) is 4.68 Å². The van der Waals surface area contributed by atoms with Crippen molar-refractivity contribution in [3.63, 3.8) is 0 Å².